The molecule has 29 heavy (non-hydrogen) atoms. The van der Waals surface area contributed by atoms with Gasteiger partial charge in [0.25, 0.3) is 5.91 Å². The number of allylic oxidation sites excluding steroid dienone is 6. The van der Waals surface area contributed by atoms with Crippen LogP contribution in [0.4, 0.5) is 0 Å². The Labute approximate surface area is 174 Å². The predicted octanol–water partition coefficient (Wildman–Crippen LogP) is 5.00. The summed E-state index contributed by atoms with van der Waals surface area (Å²) in [6, 6.07) is 0. The van der Waals surface area contributed by atoms with Gasteiger partial charge in [0.1, 0.15) is 6.61 Å². The van der Waals surface area contributed by atoms with E-state index < -0.39 is 6.10 Å². The van der Waals surface area contributed by atoms with E-state index in [-0.39, 0.29) is 31.4 Å². The van der Waals surface area contributed by atoms with Crippen molar-refractivity contribution in [3.8, 4) is 0 Å². The molecule has 1 saturated heterocycles. The van der Waals surface area contributed by atoms with Gasteiger partial charge < -0.3 is 9.47 Å². The van der Waals surface area contributed by atoms with Crippen LogP contribution < -0.4 is 0 Å². The lowest BCUT2D eigenvalue weighted by atomic mass is 9.96. The maximum atomic E-state index is 12.8. The van der Waals surface area contributed by atoms with Crippen molar-refractivity contribution in [3.05, 3.63) is 71.8 Å². The normalized spacial score (nSPS) is 22.8. The average Bonchev–Trinajstić information content (AvgIpc) is 2.74. The van der Waals surface area contributed by atoms with Crippen LogP contribution in [0.2, 0.25) is 0 Å². The molecule has 0 saturated carbocycles. The van der Waals surface area contributed by atoms with Gasteiger partial charge >= 0.3 is 0 Å². The maximum absolute atomic E-state index is 12.8. The van der Waals surface area contributed by atoms with Gasteiger partial charge in [-0.1, -0.05) is 57.7 Å². The minimum atomic E-state index is -0.429. The van der Waals surface area contributed by atoms with Crippen molar-refractivity contribution >= 4 is 11.8 Å². The monoisotopic (exact) mass is 399 g/mol. The Balaban J connectivity index is 0.00000204. The molecule has 1 unspecified atom stereocenters. The van der Waals surface area contributed by atoms with Gasteiger partial charge in [-0.05, 0) is 38.0 Å². The van der Waals surface area contributed by atoms with E-state index in [2.05, 4.69) is 6.58 Å². The Morgan fingerprint density at radius 2 is 1.86 bits per heavy atom. The van der Waals surface area contributed by atoms with Crippen molar-refractivity contribution in [2.24, 2.45) is 0 Å². The molecule has 0 N–H and O–H groups in total. The molecule has 1 atom stereocenters. The van der Waals surface area contributed by atoms with Crippen molar-refractivity contribution in [2.75, 3.05) is 13.2 Å². The van der Waals surface area contributed by atoms with Crippen LogP contribution in [0.15, 0.2) is 71.8 Å². The molecular weight excluding hydrogens is 366 g/mol. The summed E-state index contributed by atoms with van der Waals surface area (Å²) < 4.78 is 11.7. The van der Waals surface area contributed by atoms with E-state index in [1.807, 2.05) is 58.9 Å². The smallest absolute Gasteiger partial charge is 0.260 e. The zero-order valence-electron chi connectivity index (χ0n) is 18.2. The minimum absolute atomic E-state index is 0.154. The first-order chi connectivity index (χ1) is 14.0. The van der Waals surface area contributed by atoms with Gasteiger partial charge in [-0.3, -0.25) is 14.5 Å². The highest BCUT2D eigenvalue weighted by molar-refractivity contribution is 6.10. The van der Waals surface area contributed by atoms with Crippen molar-refractivity contribution in [1.29, 1.82) is 0 Å². The molecule has 2 aliphatic rings. The summed E-state index contributed by atoms with van der Waals surface area (Å²) in [5, 5.41) is 0. The standard InChI is InChI=1S/C22H27NO4.C2H6/c1-5-9-12-19-20(11-7-3)27-17(15-26-19)14-23-21(24)13-16(8-4)18(10-6-2)22(23)25;1-2/h5-7,9-12,17H,3,8,13-15H2,1-2,4H3;1-2H3/b9-5-,10-6-,19-12+,20-11+;. The second-order valence-electron chi connectivity index (χ2n) is 6.23. The SMILES string of the molecule is C=C/C=C1/OC(CN2C(=O)CC(CC)=C(/C=C\C)C2=O)CO/C1=C/C=C\C.CC. The summed E-state index contributed by atoms with van der Waals surface area (Å²) in [6.07, 6.45) is 13.0. The highest BCUT2D eigenvalue weighted by atomic mass is 16.6. The first-order valence-corrected chi connectivity index (χ1v) is 10.2. The fraction of sp³-hybridized carbons (Fsp3) is 0.417. The third-order valence-corrected chi connectivity index (χ3v) is 4.34. The van der Waals surface area contributed by atoms with E-state index in [0.29, 0.717) is 23.5 Å². The molecular formula is C24H33NO4. The average molecular weight is 400 g/mol. The fourth-order valence-corrected chi connectivity index (χ4v) is 3.00. The molecule has 0 spiro atoms. The summed E-state index contributed by atoms with van der Waals surface area (Å²) >= 11 is 0. The molecule has 0 aromatic carbocycles. The summed E-state index contributed by atoms with van der Waals surface area (Å²) in [5.41, 5.74) is 1.48. The van der Waals surface area contributed by atoms with Crippen molar-refractivity contribution in [2.45, 2.75) is 53.6 Å². The first kappa shape index (κ1) is 24.2. The third kappa shape index (κ3) is 6.34. The number of nitrogens with zero attached hydrogens (tertiary/aromatic N) is 1. The summed E-state index contributed by atoms with van der Waals surface area (Å²) in [5.74, 6) is 0.672. The van der Waals surface area contributed by atoms with Crippen LogP contribution in [0.5, 0.6) is 0 Å². The van der Waals surface area contributed by atoms with E-state index in [9.17, 15) is 9.59 Å². The number of ether oxygens (including phenoxy) is 2. The van der Waals surface area contributed by atoms with Gasteiger partial charge in [0.2, 0.25) is 5.91 Å². The molecule has 0 aromatic heterocycles. The minimum Gasteiger partial charge on any atom is -0.486 e. The molecule has 2 rings (SSSR count). The van der Waals surface area contributed by atoms with Crippen LogP contribution >= 0.6 is 0 Å². The van der Waals surface area contributed by atoms with E-state index in [0.717, 1.165) is 5.57 Å². The maximum Gasteiger partial charge on any atom is 0.260 e. The van der Waals surface area contributed by atoms with Crippen LogP contribution in [-0.4, -0.2) is 36.0 Å². The first-order valence-electron chi connectivity index (χ1n) is 10.2. The highest BCUT2D eigenvalue weighted by Gasteiger charge is 2.35. The van der Waals surface area contributed by atoms with Gasteiger partial charge in [-0.2, -0.15) is 0 Å². The molecule has 5 heteroatoms. The van der Waals surface area contributed by atoms with E-state index in [1.54, 1.807) is 18.2 Å². The Morgan fingerprint density at radius 1 is 1.14 bits per heavy atom. The summed E-state index contributed by atoms with van der Waals surface area (Å²) in [4.78, 5) is 26.6. The number of rotatable bonds is 6. The molecule has 2 heterocycles. The Hall–Kier alpha value is -2.82. The number of carbonyl (C=O) groups excluding carboxylic acids is 2. The molecule has 1 fully saturated rings. The topological polar surface area (TPSA) is 55.8 Å². The number of carbonyl (C=O) groups is 2. The lowest BCUT2D eigenvalue weighted by molar-refractivity contribution is -0.146. The molecule has 2 amide bonds. The lowest BCUT2D eigenvalue weighted by Crippen LogP contribution is -2.47. The molecule has 2 aliphatic heterocycles. The number of imide groups is 1. The van der Waals surface area contributed by atoms with Crippen molar-refractivity contribution < 1.29 is 19.1 Å². The zero-order chi connectivity index (χ0) is 21.8. The second-order valence-corrected chi connectivity index (χ2v) is 6.23. The van der Waals surface area contributed by atoms with Gasteiger partial charge in [0.05, 0.1) is 6.54 Å². The second kappa shape index (κ2) is 12.6. The van der Waals surface area contributed by atoms with E-state index in [4.69, 9.17) is 9.47 Å². The summed E-state index contributed by atoms with van der Waals surface area (Å²) in [6.45, 7) is 13.8. The molecule has 0 aliphatic carbocycles. The molecule has 0 radical (unpaired) electrons. The third-order valence-electron chi connectivity index (χ3n) is 4.34. The van der Waals surface area contributed by atoms with E-state index in [1.165, 1.54) is 4.90 Å². The van der Waals surface area contributed by atoms with Crippen molar-refractivity contribution in [3.63, 3.8) is 0 Å². The molecule has 158 valence electrons. The van der Waals surface area contributed by atoms with Crippen LogP contribution in [0, 0.1) is 0 Å². The fourth-order valence-electron chi connectivity index (χ4n) is 3.00. The molecule has 0 aromatic rings. The van der Waals surface area contributed by atoms with Crippen LogP contribution in [-0.2, 0) is 19.1 Å². The Kier molecular flexibility index (Phi) is 10.5. The largest absolute Gasteiger partial charge is 0.486 e. The van der Waals surface area contributed by atoms with Gasteiger partial charge in [-0.25, -0.2) is 0 Å². The number of hydrogen-bond acceptors (Lipinski definition) is 4. The Morgan fingerprint density at radius 3 is 2.45 bits per heavy atom. The zero-order valence-corrected chi connectivity index (χ0v) is 18.2. The van der Waals surface area contributed by atoms with Gasteiger partial charge in [-0.15, -0.1) is 0 Å². The van der Waals surface area contributed by atoms with Crippen LogP contribution in [0.1, 0.15) is 47.5 Å². The van der Waals surface area contributed by atoms with Gasteiger partial charge in [0.15, 0.2) is 17.6 Å². The van der Waals surface area contributed by atoms with Crippen LogP contribution in [0.25, 0.3) is 0 Å². The van der Waals surface area contributed by atoms with Gasteiger partial charge in [0, 0.05) is 12.0 Å². The quantitative estimate of drug-likeness (QED) is 0.590. The lowest BCUT2D eigenvalue weighted by Gasteiger charge is -2.34. The van der Waals surface area contributed by atoms with Crippen molar-refractivity contribution in [1.82, 2.24) is 4.90 Å². The predicted molar refractivity (Wildman–Crippen MR) is 117 cm³/mol. The number of hydrogen-bond donors (Lipinski definition) is 0. The summed E-state index contributed by atoms with van der Waals surface area (Å²) in [7, 11) is 0. The molecule has 0 bridgehead atoms. The highest BCUT2D eigenvalue weighted by Crippen LogP contribution is 2.27. The number of amides is 2. The Bertz CT molecular complexity index is 753. The van der Waals surface area contributed by atoms with E-state index >= 15 is 0 Å². The molecule has 5 nitrogen and oxygen atoms in total. The van der Waals surface area contributed by atoms with Crippen LogP contribution in [0.3, 0.4) is 0 Å².